The van der Waals surface area contributed by atoms with Crippen LogP contribution < -0.4 is 0 Å². The van der Waals surface area contributed by atoms with Gasteiger partial charge in [-0.2, -0.15) is 0 Å². The number of ether oxygens (including phenoxy) is 3. The van der Waals surface area contributed by atoms with Crippen molar-refractivity contribution in [2.24, 2.45) is 0 Å². The second-order valence-electron chi connectivity index (χ2n) is 4.89. The molecule has 23 heavy (non-hydrogen) atoms. The van der Waals surface area contributed by atoms with Crippen molar-refractivity contribution in [2.75, 3.05) is 40.6 Å². The fraction of sp³-hybridized carbons (Fsp3) is 0.875. The third kappa shape index (κ3) is 6.80. The van der Waals surface area contributed by atoms with Crippen LogP contribution in [0.1, 0.15) is 47.5 Å². The van der Waals surface area contributed by atoms with Crippen LogP contribution in [-0.4, -0.2) is 55.6 Å². The van der Waals surface area contributed by atoms with E-state index in [0.717, 1.165) is 12.8 Å². The molecule has 0 aliphatic heterocycles. The SMILES string of the molecule is CCCO[Si](OCC)(OCCC)C(OC)=C(OC)C(C)OCC. The smallest absolute Gasteiger partial charge is 0.495 e. The van der Waals surface area contributed by atoms with Gasteiger partial charge in [-0.05, 0) is 33.6 Å². The summed E-state index contributed by atoms with van der Waals surface area (Å²) in [5.41, 5.74) is 0. The number of rotatable bonds is 14. The minimum atomic E-state index is -3.19. The van der Waals surface area contributed by atoms with Crippen molar-refractivity contribution in [1.82, 2.24) is 0 Å². The van der Waals surface area contributed by atoms with Crippen LogP contribution in [0.2, 0.25) is 0 Å². The Labute approximate surface area is 142 Å². The summed E-state index contributed by atoms with van der Waals surface area (Å²) in [5, 5.41) is 0.490. The fourth-order valence-corrected chi connectivity index (χ4v) is 4.96. The van der Waals surface area contributed by atoms with Gasteiger partial charge in [0.25, 0.3) is 0 Å². The van der Waals surface area contributed by atoms with Crippen molar-refractivity contribution in [2.45, 2.75) is 53.6 Å². The van der Waals surface area contributed by atoms with Gasteiger partial charge in [-0.15, -0.1) is 0 Å². The molecule has 0 N–H and O–H groups in total. The van der Waals surface area contributed by atoms with Crippen molar-refractivity contribution in [3.8, 4) is 0 Å². The van der Waals surface area contributed by atoms with Gasteiger partial charge in [0.1, 0.15) is 6.10 Å². The molecule has 0 radical (unpaired) electrons. The summed E-state index contributed by atoms with van der Waals surface area (Å²) in [5.74, 6) is 0.557. The lowest BCUT2D eigenvalue weighted by Crippen LogP contribution is -2.50. The molecule has 0 saturated heterocycles. The van der Waals surface area contributed by atoms with E-state index in [9.17, 15) is 0 Å². The molecule has 0 aromatic heterocycles. The fourth-order valence-electron chi connectivity index (χ4n) is 2.13. The van der Waals surface area contributed by atoms with Gasteiger partial charge >= 0.3 is 8.80 Å². The maximum atomic E-state index is 6.06. The number of hydrogen-bond donors (Lipinski definition) is 0. The van der Waals surface area contributed by atoms with E-state index in [1.165, 1.54) is 0 Å². The first kappa shape index (κ1) is 22.4. The van der Waals surface area contributed by atoms with E-state index in [1.807, 2.05) is 34.6 Å². The minimum absolute atomic E-state index is 0.275. The van der Waals surface area contributed by atoms with Crippen LogP contribution in [0.25, 0.3) is 0 Å². The Morgan fingerprint density at radius 1 is 0.826 bits per heavy atom. The van der Waals surface area contributed by atoms with E-state index in [1.54, 1.807) is 14.2 Å². The van der Waals surface area contributed by atoms with Crippen LogP contribution in [0, 0.1) is 0 Å². The quantitative estimate of drug-likeness (QED) is 0.354. The Kier molecular flexibility index (Phi) is 12.4. The Morgan fingerprint density at radius 2 is 1.39 bits per heavy atom. The Bertz CT molecular complexity index is 327. The third-order valence-electron chi connectivity index (χ3n) is 3.04. The highest BCUT2D eigenvalue weighted by atomic mass is 28.4. The van der Waals surface area contributed by atoms with Gasteiger partial charge in [0.15, 0.2) is 5.76 Å². The maximum Gasteiger partial charge on any atom is 0.577 e. The zero-order valence-corrected chi connectivity index (χ0v) is 16.8. The Hall–Kier alpha value is -0.603. The zero-order chi connectivity index (χ0) is 17.7. The number of hydrogen-bond acceptors (Lipinski definition) is 6. The molecular weight excluding hydrogens is 316 g/mol. The van der Waals surface area contributed by atoms with Crippen molar-refractivity contribution >= 4 is 8.80 Å². The van der Waals surface area contributed by atoms with Crippen LogP contribution in [0.15, 0.2) is 11.1 Å². The molecule has 0 spiro atoms. The van der Waals surface area contributed by atoms with Crippen LogP contribution >= 0.6 is 0 Å². The zero-order valence-electron chi connectivity index (χ0n) is 15.8. The summed E-state index contributed by atoms with van der Waals surface area (Å²) < 4.78 is 34.9. The van der Waals surface area contributed by atoms with E-state index in [4.69, 9.17) is 27.5 Å². The molecule has 0 aliphatic rings. The molecule has 1 unspecified atom stereocenters. The van der Waals surface area contributed by atoms with Crippen LogP contribution in [0.3, 0.4) is 0 Å². The van der Waals surface area contributed by atoms with Gasteiger partial charge in [-0.25, -0.2) is 0 Å². The van der Waals surface area contributed by atoms with Gasteiger partial charge in [0, 0.05) is 26.4 Å². The Morgan fingerprint density at radius 3 is 1.74 bits per heavy atom. The van der Waals surface area contributed by atoms with Gasteiger partial charge < -0.3 is 27.5 Å². The standard InChI is InChI=1S/C16H34O6Si/c1-8-12-21-23(20-11-4,22-13-9-2)16(18-7)15(17-6)14(5)19-10-3/h14H,8-13H2,1-7H3. The highest BCUT2D eigenvalue weighted by molar-refractivity contribution is 6.68. The summed E-state index contributed by atoms with van der Waals surface area (Å²) in [6, 6.07) is 0. The first-order valence-corrected chi connectivity index (χ1v) is 10.1. The molecule has 0 aromatic carbocycles. The molecule has 0 rings (SSSR count). The van der Waals surface area contributed by atoms with Crippen LogP contribution in [0.4, 0.5) is 0 Å². The molecule has 7 heteroatoms. The summed E-state index contributed by atoms with van der Waals surface area (Å²) >= 11 is 0. The molecule has 0 saturated carbocycles. The molecule has 0 aromatic rings. The Balaban J connectivity index is 5.87. The summed E-state index contributed by atoms with van der Waals surface area (Å²) in [7, 11) is -0.0167. The molecule has 0 aliphatic carbocycles. The third-order valence-corrected chi connectivity index (χ3v) is 5.88. The van der Waals surface area contributed by atoms with Crippen LogP contribution in [0.5, 0.6) is 0 Å². The molecule has 6 nitrogen and oxygen atoms in total. The summed E-state index contributed by atoms with van der Waals surface area (Å²) in [4.78, 5) is 0. The average molecular weight is 351 g/mol. The van der Waals surface area contributed by atoms with Gasteiger partial charge in [0.2, 0.25) is 5.38 Å². The number of methoxy groups -OCH3 is 2. The summed E-state index contributed by atoms with van der Waals surface area (Å²) in [6.45, 7) is 11.9. The first-order chi connectivity index (χ1) is 11.1. The highest BCUT2D eigenvalue weighted by Crippen LogP contribution is 2.27. The maximum absolute atomic E-state index is 6.06. The second-order valence-corrected chi connectivity index (χ2v) is 7.32. The van der Waals surface area contributed by atoms with E-state index in [-0.39, 0.29) is 6.10 Å². The normalized spacial score (nSPS) is 14.4. The minimum Gasteiger partial charge on any atom is -0.495 e. The largest absolute Gasteiger partial charge is 0.577 e. The van der Waals surface area contributed by atoms with Crippen molar-refractivity contribution in [3.63, 3.8) is 0 Å². The van der Waals surface area contributed by atoms with E-state index in [2.05, 4.69) is 0 Å². The van der Waals surface area contributed by atoms with Crippen molar-refractivity contribution in [3.05, 3.63) is 11.1 Å². The lowest BCUT2D eigenvalue weighted by molar-refractivity contribution is 0.0303. The van der Waals surface area contributed by atoms with E-state index in [0.29, 0.717) is 37.6 Å². The molecular formula is C16H34O6Si. The molecule has 0 heterocycles. The topological polar surface area (TPSA) is 55.4 Å². The highest BCUT2D eigenvalue weighted by Gasteiger charge is 2.51. The second kappa shape index (κ2) is 12.8. The van der Waals surface area contributed by atoms with Crippen molar-refractivity contribution < 1.29 is 27.5 Å². The monoisotopic (exact) mass is 350 g/mol. The molecule has 0 amide bonds. The average Bonchev–Trinajstić information content (AvgIpc) is 2.55. The van der Waals surface area contributed by atoms with Gasteiger partial charge in [-0.1, -0.05) is 13.8 Å². The van der Waals surface area contributed by atoms with Gasteiger partial charge in [0.05, 0.1) is 14.2 Å². The lowest BCUT2D eigenvalue weighted by Gasteiger charge is -2.32. The molecule has 0 fully saturated rings. The van der Waals surface area contributed by atoms with E-state index < -0.39 is 8.80 Å². The van der Waals surface area contributed by atoms with E-state index >= 15 is 0 Å². The predicted octanol–water partition coefficient (Wildman–Crippen LogP) is 3.28. The van der Waals surface area contributed by atoms with Crippen LogP contribution in [-0.2, 0) is 27.5 Å². The lowest BCUT2D eigenvalue weighted by atomic mass is 10.3. The molecule has 0 bridgehead atoms. The van der Waals surface area contributed by atoms with Gasteiger partial charge in [-0.3, -0.25) is 0 Å². The predicted molar refractivity (Wildman–Crippen MR) is 92.0 cm³/mol. The van der Waals surface area contributed by atoms with Crippen molar-refractivity contribution in [1.29, 1.82) is 0 Å². The first-order valence-electron chi connectivity index (χ1n) is 8.42. The molecule has 138 valence electrons. The molecule has 1 atom stereocenters. The summed E-state index contributed by atoms with van der Waals surface area (Å²) in [6.07, 6.45) is 1.44.